The minimum atomic E-state index is -3.90. The lowest BCUT2D eigenvalue weighted by atomic mass is 10.1. The van der Waals surface area contributed by atoms with E-state index in [1.807, 2.05) is 0 Å². The molecular weight excluding hydrogens is 375 g/mol. The van der Waals surface area contributed by atoms with Crippen LogP contribution >= 0.6 is 0 Å². The van der Waals surface area contributed by atoms with Crippen molar-refractivity contribution in [1.82, 2.24) is 4.31 Å². The van der Waals surface area contributed by atoms with Crippen LogP contribution in [0.15, 0.2) is 47.4 Å². The van der Waals surface area contributed by atoms with E-state index < -0.39 is 21.9 Å². The van der Waals surface area contributed by atoms with Gasteiger partial charge in [0.1, 0.15) is 11.6 Å². The zero-order valence-corrected chi connectivity index (χ0v) is 15.0. The number of nitrogens with one attached hydrogen (secondary N) is 1. The number of amides is 1. The van der Waals surface area contributed by atoms with Crippen LogP contribution in [0.3, 0.4) is 0 Å². The molecule has 1 fully saturated rings. The number of carbonyl (C=O) groups is 1. The van der Waals surface area contributed by atoms with Crippen molar-refractivity contribution in [2.24, 2.45) is 0 Å². The summed E-state index contributed by atoms with van der Waals surface area (Å²) in [6.07, 6.45) is 0. The van der Waals surface area contributed by atoms with Gasteiger partial charge < -0.3 is 14.8 Å². The molecule has 7 nitrogen and oxygen atoms in total. The van der Waals surface area contributed by atoms with Crippen LogP contribution in [0.5, 0.6) is 5.75 Å². The fraction of sp³-hybridized carbons (Fsp3) is 0.278. The largest absolute Gasteiger partial charge is 0.482 e. The molecule has 1 N–H and O–H groups in total. The number of benzene rings is 2. The molecule has 0 radical (unpaired) electrons. The Morgan fingerprint density at radius 1 is 1.19 bits per heavy atom. The number of anilines is 1. The maximum Gasteiger partial charge on any atom is 0.262 e. The minimum absolute atomic E-state index is 0.0235. The zero-order valence-electron chi connectivity index (χ0n) is 14.2. The molecule has 2 heterocycles. The average Bonchev–Trinajstić information content (AvgIpc) is 2.67. The molecule has 4 rings (SSSR count). The number of ether oxygens (including phenoxy) is 2. The Balaban J connectivity index is 1.71. The summed E-state index contributed by atoms with van der Waals surface area (Å²) in [5, 5.41) is 2.60. The topological polar surface area (TPSA) is 84.9 Å². The fourth-order valence-corrected chi connectivity index (χ4v) is 4.82. The molecule has 0 aromatic heterocycles. The van der Waals surface area contributed by atoms with Crippen molar-refractivity contribution in [3.63, 3.8) is 0 Å². The maximum absolute atomic E-state index is 13.6. The van der Waals surface area contributed by atoms with Crippen LogP contribution in [0.2, 0.25) is 0 Å². The molecule has 1 unspecified atom stereocenters. The van der Waals surface area contributed by atoms with E-state index in [1.54, 1.807) is 6.07 Å². The standard InChI is InChI=1S/C18H17FN2O5S/c19-13-3-1-2-12(8-13)16-10-25-7-6-21(16)27(23,24)14-4-5-17-15(9-14)20-18(22)11-26-17/h1-5,8-9,16H,6-7,10-11H2,(H,20,22). The molecule has 0 spiro atoms. The van der Waals surface area contributed by atoms with Gasteiger partial charge in [0.25, 0.3) is 5.91 Å². The monoisotopic (exact) mass is 392 g/mol. The molecule has 2 aromatic carbocycles. The number of nitrogens with zero attached hydrogens (tertiary/aromatic N) is 1. The number of hydrogen-bond acceptors (Lipinski definition) is 5. The van der Waals surface area contributed by atoms with Crippen LogP contribution in [-0.4, -0.2) is 45.0 Å². The third kappa shape index (κ3) is 3.41. The van der Waals surface area contributed by atoms with Crippen molar-refractivity contribution in [3.8, 4) is 5.75 Å². The van der Waals surface area contributed by atoms with Gasteiger partial charge in [0.05, 0.1) is 29.8 Å². The number of sulfonamides is 1. The van der Waals surface area contributed by atoms with E-state index >= 15 is 0 Å². The predicted octanol–water partition coefficient (Wildman–Crippen LogP) is 1.92. The van der Waals surface area contributed by atoms with E-state index in [0.29, 0.717) is 17.0 Å². The molecule has 142 valence electrons. The molecule has 0 aliphatic carbocycles. The highest BCUT2D eigenvalue weighted by Crippen LogP contribution is 2.34. The van der Waals surface area contributed by atoms with Gasteiger partial charge in [-0.3, -0.25) is 4.79 Å². The molecule has 0 bridgehead atoms. The lowest BCUT2D eigenvalue weighted by molar-refractivity contribution is -0.118. The highest BCUT2D eigenvalue weighted by atomic mass is 32.2. The van der Waals surface area contributed by atoms with Crippen molar-refractivity contribution < 1.29 is 27.1 Å². The Hall–Kier alpha value is -2.49. The van der Waals surface area contributed by atoms with Crippen molar-refractivity contribution >= 4 is 21.6 Å². The molecule has 2 aromatic rings. The molecule has 2 aliphatic heterocycles. The van der Waals surface area contributed by atoms with Crippen LogP contribution in [0.4, 0.5) is 10.1 Å². The van der Waals surface area contributed by atoms with E-state index in [4.69, 9.17) is 9.47 Å². The van der Waals surface area contributed by atoms with Gasteiger partial charge in [-0.2, -0.15) is 4.31 Å². The highest BCUT2D eigenvalue weighted by molar-refractivity contribution is 7.89. The van der Waals surface area contributed by atoms with E-state index in [1.165, 1.54) is 40.7 Å². The van der Waals surface area contributed by atoms with Crippen molar-refractivity contribution in [3.05, 3.63) is 53.8 Å². The summed E-state index contributed by atoms with van der Waals surface area (Å²) in [4.78, 5) is 11.5. The molecule has 1 saturated heterocycles. The summed E-state index contributed by atoms with van der Waals surface area (Å²) in [5.41, 5.74) is 0.829. The number of morpholine rings is 1. The van der Waals surface area contributed by atoms with Gasteiger partial charge in [-0.1, -0.05) is 12.1 Å². The Labute approximate surface area is 155 Å². The summed E-state index contributed by atoms with van der Waals surface area (Å²) in [6.45, 7) is 0.414. The van der Waals surface area contributed by atoms with Crippen LogP contribution in [0.25, 0.3) is 0 Å². The molecule has 1 amide bonds. The number of halogens is 1. The van der Waals surface area contributed by atoms with Gasteiger partial charge in [0, 0.05) is 6.54 Å². The average molecular weight is 392 g/mol. The van der Waals surface area contributed by atoms with Crippen molar-refractivity contribution in [1.29, 1.82) is 0 Å². The summed E-state index contributed by atoms with van der Waals surface area (Å²) >= 11 is 0. The molecular formula is C18H17FN2O5S. The zero-order chi connectivity index (χ0) is 19.0. The van der Waals surface area contributed by atoms with Gasteiger partial charge in [-0.15, -0.1) is 0 Å². The third-order valence-electron chi connectivity index (χ3n) is 4.50. The van der Waals surface area contributed by atoms with Gasteiger partial charge >= 0.3 is 0 Å². The second kappa shape index (κ2) is 6.91. The van der Waals surface area contributed by atoms with Gasteiger partial charge in [0.15, 0.2) is 6.61 Å². The quantitative estimate of drug-likeness (QED) is 0.863. The van der Waals surface area contributed by atoms with E-state index in [2.05, 4.69) is 5.32 Å². The van der Waals surface area contributed by atoms with Gasteiger partial charge in [0.2, 0.25) is 10.0 Å². The van der Waals surface area contributed by atoms with Crippen molar-refractivity contribution in [2.45, 2.75) is 10.9 Å². The Kier molecular flexibility index (Phi) is 4.58. The first-order valence-electron chi connectivity index (χ1n) is 8.37. The molecule has 9 heteroatoms. The number of fused-ring (bicyclic) bond motifs is 1. The van der Waals surface area contributed by atoms with Crippen LogP contribution in [0, 0.1) is 5.82 Å². The van der Waals surface area contributed by atoms with Gasteiger partial charge in [-0.05, 0) is 35.9 Å². The Bertz CT molecular complexity index is 995. The smallest absolute Gasteiger partial charge is 0.262 e. The summed E-state index contributed by atoms with van der Waals surface area (Å²) < 4.78 is 52.1. The minimum Gasteiger partial charge on any atom is -0.482 e. The first-order valence-corrected chi connectivity index (χ1v) is 9.81. The summed E-state index contributed by atoms with van der Waals surface area (Å²) in [6, 6.07) is 9.51. The number of carbonyl (C=O) groups excluding carboxylic acids is 1. The molecule has 27 heavy (non-hydrogen) atoms. The lowest BCUT2D eigenvalue weighted by Gasteiger charge is -2.35. The van der Waals surface area contributed by atoms with Crippen LogP contribution in [-0.2, 0) is 19.6 Å². The van der Waals surface area contributed by atoms with E-state index in [-0.39, 0.29) is 37.2 Å². The first-order chi connectivity index (χ1) is 12.9. The van der Waals surface area contributed by atoms with Crippen LogP contribution < -0.4 is 10.1 Å². The normalized spacial score (nSPS) is 20.5. The van der Waals surface area contributed by atoms with E-state index in [9.17, 15) is 17.6 Å². The predicted molar refractivity (Wildman–Crippen MR) is 94.4 cm³/mol. The molecule has 0 saturated carbocycles. The number of rotatable bonds is 3. The lowest BCUT2D eigenvalue weighted by Crippen LogP contribution is -2.43. The fourth-order valence-electron chi connectivity index (χ4n) is 3.21. The second-order valence-electron chi connectivity index (χ2n) is 6.26. The Morgan fingerprint density at radius 3 is 2.85 bits per heavy atom. The van der Waals surface area contributed by atoms with Crippen molar-refractivity contribution in [2.75, 3.05) is 31.7 Å². The summed E-state index contributed by atoms with van der Waals surface area (Å²) in [5.74, 6) is -0.373. The SMILES string of the molecule is O=C1COc2ccc(S(=O)(=O)N3CCOCC3c3cccc(F)c3)cc2N1. The van der Waals surface area contributed by atoms with E-state index in [0.717, 1.165) is 0 Å². The van der Waals surface area contributed by atoms with Gasteiger partial charge in [-0.25, -0.2) is 12.8 Å². The maximum atomic E-state index is 13.6. The third-order valence-corrected chi connectivity index (χ3v) is 6.41. The highest BCUT2D eigenvalue weighted by Gasteiger charge is 2.36. The molecule has 2 aliphatic rings. The number of hydrogen-bond donors (Lipinski definition) is 1. The van der Waals surface area contributed by atoms with Crippen LogP contribution in [0.1, 0.15) is 11.6 Å². The summed E-state index contributed by atoms with van der Waals surface area (Å²) in [7, 11) is -3.90. The Morgan fingerprint density at radius 2 is 2.04 bits per heavy atom. The second-order valence-corrected chi connectivity index (χ2v) is 8.15. The molecule has 1 atom stereocenters. The first kappa shape index (κ1) is 17.9.